The van der Waals surface area contributed by atoms with Gasteiger partial charge < -0.3 is 18.8 Å². The van der Waals surface area contributed by atoms with Crippen molar-refractivity contribution >= 4 is 21.9 Å². The monoisotopic (exact) mass is 431 g/mol. The van der Waals surface area contributed by atoms with Crippen molar-refractivity contribution in [1.29, 1.82) is 0 Å². The predicted octanol–water partition coefficient (Wildman–Crippen LogP) is 4.78. The molecule has 0 atom stereocenters. The maximum atomic E-state index is 6.03. The van der Waals surface area contributed by atoms with Crippen LogP contribution in [0, 0.1) is 5.92 Å². The molecule has 0 saturated carbocycles. The summed E-state index contributed by atoms with van der Waals surface area (Å²) < 4.78 is 19.3. The van der Waals surface area contributed by atoms with E-state index < -0.39 is 0 Å². The van der Waals surface area contributed by atoms with Gasteiger partial charge in [0.1, 0.15) is 23.7 Å². The smallest absolute Gasteiger partial charge is 0.122 e. The van der Waals surface area contributed by atoms with Gasteiger partial charge in [-0.25, -0.2) is 4.98 Å². The van der Waals surface area contributed by atoms with Crippen molar-refractivity contribution in [3.05, 3.63) is 66.1 Å². The van der Waals surface area contributed by atoms with Crippen molar-refractivity contribution in [2.75, 3.05) is 26.9 Å². The topological polar surface area (TPSA) is 58.4 Å². The third kappa shape index (κ3) is 4.47. The number of hydrogen-bond acceptors (Lipinski definition) is 5. The molecule has 6 heteroatoms. The summed E-state index contributed by atoms with van der Waals surface area (Å²) in [6.07, 6.45) is 4.84. The molecule has 0 spiro atoms. The summed E-state index contributed by atoms with van der Waals surface area (Å²) in [5, 5.41) is 1.11. The zero-order valence-electron chi connectivity index (χ0n) is 18.5. The number of methoxy groups -OCH3 is 1. The number of fused-ring (bicyclic) bond motifs is 3. The third-order valence-corrected chi connectivity index (χ3v) is 6.18. The molecule has 1 fully saturated rings. The highest BCUT2D eigenvalue weighted by Gasteiger charge is 2.20. The highest BCUT2D eigenvalue weighted by molar-refractivity contribution is 6.02. The van der Waals surface area contributed by atoms with Crippen LogP contribution in [0.5, 0.6) is 5.75 Å². The van der Waals surface area contributed by atoms with Gasteiger partial charge in [0.25, 0.3) is 0 Å². The fourth-order valence-corrected chi connectivity index (χ4v) is 4.44. The molecule has 0 radical (unpaired) electrons. The molecule has 1 aliphatic rings. The first-order valence-corrected chi connectivity index (χ1v) is 11.3. The first-order chi connectivity index (χ1) is 15.8. The van der Waals surface area contributed by atoms with E-state index in [2.05, 4.69) is 22.8 Å². The predicted molar refractivity (Wildman–Crippen MR) is 125 cm³/mol. The average Bonchev–Trinajstić information content (AvgIpc) is 3.20. The Morgan fingerprint density at radius 2 is 1.91 bits per heavy atom. The van der Waals surface area contributed by atoms with E-state index in [1.807, 2.05) is 36.5 Å². The normalized spacial score (nSPS) is 14.9. The van der Waals surface area contributed by atoms with E-state index in [0.29, 0.717) is 19.1 Å². The number of ether oxygens (including phenoxy) is 3. The minimum absolute atomic E-state index is 0.539. The SMILES string of the molecule is COCCc1nc2cnc3cc(OCc4ccccc4)ccc3c2n1CC1CCOCC1. The highest BCUT2D eigenvalue weighted by Crippen LogP contribution is 2.30. The van der Waals surface area contributed by atoms with E-state index in [1.54, 1.807) is 7.11 Å². The largest absolute Gasteiger partial charge is 0.489 e. The van der Waals surface area contributed by atoms with Crippen LogP contribution in [0.25, 0.3) is 21.9 Å². The third-order valence-electron chi connectivity index (χ3n) is 6.18. The van der Waals surface area contributed by atoms with Crippen molar-refractivity contribution in [2.24, 2.45) is 5.92 Å². The van der Waals surface area contributed by atoms with Crippen LogP contribution in [-0.4, -0.2) is 41.5 Å². The van der Waals surface area contributed by atoms with Gasteiger partial charge in [0.2, 0.25) is 0 Å². The first kappa shape index (κ1) is 20.9. The molecule has 0 aliphatic carbocycles. The van der Waals surface area contributed by atoms with E-state index in [1.165, 1.54) is 0 Å². The fraction of sp³-hybridized carbons (Fsp3) is 0.385. The van der Waals surface area contributed by atoms with E-state index in [-0.39, 0.29) is 0 Å². The Labute approximate surface area is 188 Å². The van der Waals surface area contributed by atoms with Gasteiger partial charge in [-0.15, -0.1) is 0 Å². The number of nitrogens with zero attached hydrogens (tertiary/aromatic N) is 3. The lowest BCUT2D eigenvalue weighted by atomic mass is 10.00. The summed E-state index contributed by atoms with van der Waals surface area (Å²) in [6, 6.07) is 16.4. The van der Waals surface area contributed by atoms with Crippen LogP contribution >= 0.6 is 0 Å². The molecule has 0 amide bonds. The van der Waals surface area contributed by atoms with Gasteiger partial charge in [-0.1, -0.05) is 30.3 Å². The van der Waals surface area contributed by atoms with Crippen LogP contribution in [0.3, 0.4) is 0 Å². The van der Waals surface area contributed by atoms with Gasteiger partial charge in [0, 0.05) is 44.7 Å². The number of imidazole rings is 1. The number of hydrogen-bond donors (Lipinski definition) is 0. The lowest BCUT2D eigenvalue weighted by Crippen LogP contribution is -2.21. The van der Waals surface area contributed by atoms with Gasteiger partial charge in [-0.3, -0.25) is 4.98 Å². The van der Waals surface area contributed by atoms with Crippen LogP contribution < -0.4 is 4.74 Å². The number of rotatable bonds is 8. The quantitative estimate of drug-likeness (QED) is 0.402. The lowest BCUT2D eigenvalue weighted by Gasteiger charge is -2.23. The maximum Gasteiger partial charge on any atom is 0.122 e. The zero-order chi connectivity index (χ0) is 21.8. The minimum atomic E-state index is 0.539. The Bertz CT molecular complexity index is 1180. The maximum absolute atomic E-state index is 6.03. The Hall–Kier alpha value is -2.96. The highest BCUT2D eigenvalue weighted by atomic mass is 16.5. The molecular weight excluding hydrogens is 402 g/mol. The number of pyridine rings is 1. The molecule has 0 bridgehead atoms. The molecule has 1 saturated heterocycles. The van der Waals surface area contributed by atoms with Crippen LogP contribution in [0.2, 0.25) is 0 Å². The van der Waals surface area contributed by atoms with E-state index in [9.17, 15) is 0 Å². The number of benzene rings is 2. The van der Waals surface area contributed by atoms with Crippen molar-refractivity contribution in [1.82, 2.24) is 14.5 Å². The average molecular weight is 432 g/mol. The Kier molecular flexibility index (Phi) is 6.32. The standard InChI is InChI=1S/C26H29N3O3/c1-30-12-11-25-28-24-16-27-23-15-21(32-18-20-5-3-2-4-6-20)7-8-22(23)26(24)29(25)17-19-9-13-31-14-10-19/h2-8,15-16,19H,9-14,17-18H2,1H3. The molecule has 2 aromatic carbocycles. The second-order valence-corrected chi connectivity index (χ2v) is 8.38. The molecule has 5 rings (SSSR count). The molecule has 3 heterocycles. The summed E-state index contributed by atoms with van der Waals surface area (Å²) in [5.74, 6) is 2.48. The lowest BCUT2D eigenvalue weighted by molar-refractivity contribution is 0.0612. The zero-order valence-corrected chi connectivity index (χ0v) is 18.5. The van der Waals surface area contributed by atoms with Crippen LogP contribution in [0.15, 0.2) is 54.7 Å². The minimum Gasteiger partial charge on any atom is -0.489 e. The molecule has 1 aliphatic heterocycles. The summed E-state index contributed by atoms with van der Waals surface area (Å²) in [6.45, 7) is 3.83. The fourth-order valence-electron chi connectivity index (χ4n) is 4.44. The van der Waals surface area contributed by atoms with Crippen molar-refractivity contribution in [2.45, 2.75) is 32.4 Å². The van der Waals surface area contributed by atoms with Crippen molar-refractivity contribution < 1.29 is 14.2 Å². The second-order valence-electron chi connectivity index (χ2n) is 8.38. The van der Waals surface area contributed by atoms with Gasteiger partial charge in [-0.2, -0.15) is 0 Å². The second kappa shape index (κ2) is 9.67. The summed E-state index contributed by atoms with van der Waals surface area (Å²) in [4.78, 5) is 9.62. The molecule has 2 aromatic heterocycles. The van der Waals surface area contributed by atoms with E-state index >= 15 is 0 Å². The van der Waals surface area contributed by atoms with Crippen molar-refractivity contribution in [3.8, 4) is 5.75 Å². The Balaban J connectivity index is 1.49. The summed E-state index contributed by atoms with van der Waals surface area (Å²) in [7, 11) is 1.74. The van der Waals surface area contributed by atoms with E-state index in [0.717, 1.165) is 78.1 Å². The molecule has 0 N–H and O–H groups in total. The molecule has 166 valence electrons. The summed E-state index contributed by atoms with van der Waals surface area (Å²) in [5.41, 5.74) is 4.17. The molecule has 6 nitrogen and oxygen atoms in total. The van der Waals surface area contributed by atoms with Crippen LogP contribution in [-0.2, 0) is 29.0 Å². The molecule has 32 heavy (non-hydrogen) atoms. The Morgan fingerprint density at radius 3 is 2.72 bits per heavy atom. The van der Waals surface area contributed by atoms with Crippen molar-refractivity contribution in [3.63, 3.8) is 0 Å². The van der Waals surface area contributed by atoms with Crippen LogP contribution in [0.1, 0.15) is 24.2 Å². The summed E-state index contributed by atoms with van der Waals surface area (Å²) >= 11 is 0. The van der Waals surface area contributed by atoms with Gasteiger partial charge >= 0.3 is 0 Å². The van der Waals surface area contributed by atoms with Crippen LogP contribution in [0.4, 0.5) is 0 Å². The molecule has 0 unspecified atom stereocenters. The van der Waals surface area contributed by atoms with E-state index in [4.69, 9.17) is 24.2 Å². The van der Waals surface area contributed by atoms with Gasteiger partial charge in [0.05, 0.1) is 23.8 Å². The molecule has 4 aromatic rings. The van der Waals surface area contributed by atoms with Gasteiger partial charge in [-0.05, 0) is 36.5 Å². The first-order valence-electron chi connectivity index (χ1n) is 11.3. The number of aromatic nitrogens is 3. The molecular formula is C26H29N3O3. The van der Waals surface area contributed by atoms with Gasteiger partial charge in [0.15, 0.2) is 0 Å². The Morgan fingerprint density at radius 1 is 1.06 bits per heavy atom.